The van der Waals surface area contributed by atoms with E-state index in [2.05, 4.69) is 64.7 Å². The van der Waals surface area contributed by atoms with Crippen LogP contribution in [-0.2, 0) is 26.2 Å². The fraction of sp³-hybridized carbons (Fsp3) is 0.781. The maximum Gasteiger partial charge on any atom is 0.311 e. The van der Waals surface area contributed by atoms with Crippen LogP contribution in [0.3, 0.4) is 0 Å². The molecule has 5 heteroatoms. The van der Waals surface area contributed by atoms with E-state index < -0.39 is 5.41 Å². The fourth-order valence-electron chi connectivity index (χ4n) is 11.0. The number of hydrogen-bond donors (Lipinski definition) is 1. The van der Waals surface area contributed by atoms with Gasteiger partial charge in [0.15, 0.2) is 5.78 Å². The quantitative estimate of drug-likeness (QED) is 0.437. The summed E-state index contributed by atoms with van der Waals surface area (Å²) in [4.78, 5) is 27.4. The Bertz CT molecular complexity index is 1210. The molecule has 202 valence electrons. The van der Waals surface area contributed by atoms with E-state index in [9.17, 15) is 9.59 Å². The van der Waals surface area contributed by atoms with Crippen LogP contribution >= 0.6 is 0 Å². The third kappa shape index (κ3) is 2.95. The number of nitrogens with zero attached hydrogens (tertiary/aromatic N) is 1. The first-order valence-electron chi connectivity index (χ1n) is 14.5. The first kappa shape index (κ1) is 25.4. The molecule has 5 nitrogen and oxygen atoms in total. The van der Waals surface area contributed by atoms with Crippen molar-refractivity contribution in [1.82, 2.24) is 10.2 Å². The van der Waals surface area contributed by atoms with Crippen molar-refractivity contribution in [3.05, 3.63) is 29.1 Å². The lowest BCUT2D eigenvalue weighted by Gasteiger charge is -2.69. The number of aromatic amines is 1. The van der Waals surface area contributed by atoms with Crippen molar-refractivity contribution in [3.8, 4) is 0 Å². The average Bonchev–Trinajstić information content (AvgIpc) is 3.29. The Balaban J connectivity index is 1.47. The van der Waals surface area contributed by atoms with E-state index in [1.54, 1.807) is 0 Å². The molecular weight excluding hydrogens is 460 g/mol. The number of methoxy groups -OCH3 is 1. The van der Waals surface area contributed by atoms with Crippen molar-refractivity contribution >= 4 is 11.8 Å². The second-order valence-electron chi connectivity index (χ2n) is 15.4. The highest BCUT2D eigenvalue weighted by Gasteiger charge is 2.70. The first-order valence-corrected chi connectivity index (χ1v) is 14.5. The van der Waals surface area contributed by atoms with Gasteiger partial charge in [-0.15, -0.1) is 0 Å². The molecule has 1 aromatic heterocycles. The second-order valence-corrected chi connectivity index (χ2v) is 15.4. The van der Waals surface area contributed by atoms with Gasteiger partial charge in [-0.2, -0.15) is 5.10 Å². The number of carbonyl (C=O) groups is 2. The molecule has 5 aliphatic rings. The summed E-state index contributed by atoms with van der Waals surface area (Å²) in [5, 5.41) is 7.75. The van der Waals surface area contributed by atoms with E-state index in [1.807, 2.05) is 6.20 Å². The number of rotatable bonds is 1. The van der Waals surface area contributed by atoms with Gasteiger partial charge in [0.25, 0.3) is 0 Å². The third-order valence-corrected chi connectivity index (χ3v) is 13.3. The topological polar surface area (TPSA) is 72.1 Å². The van der Waals surface area contributed by atoms with Crippen LogP contribution in [0.4, 0.5) is 0 Å². The molecule has 3 unspecified atom stereocenters. The lowest BCUT2D eigenvalue weighted by atomic mass is 9.33. The zero-order chi connectivity index (χ0) is 26.8. The Morgan fingerprint density at radius 2 is 1.73 bits per heavy atom. The molecule has 0 saturated heterocycles. The summed E-state index contributed by atoms with van der Waals surface area (Å²) in [7, 11) is 1.51. The fourth-order valence-corrected chi connectivity index (χ4v) is 11.0. The van der Waals surface area contributed by atoms with Crippen LogP contribution < -0.4 is 0 Å². The number of ether oxygens (including phenoxy) is 1. The molecule has 0 spiro atoms. The molecule has 1 aromatic rings. The zero-order valence-corrected chi connectivity index (χ0v) is 24.2. The summed E-state index contributed by atoms with van der Waals surface area (Å²) in [6, 6.07) is 0. The SMILES string of the molecule is COC(=O)[C@@]1(C)CC[C@]2(C)CC[C@]3(C)C(=CC(=O)C4[C@@]5(C)Cc6cn[nH]c6C(C)(C)C5CC[C@]43C)C2C1. The molecule has 37 heavy (non-hydrogen) atoms. The third-order valence-electron chi connectivity index (χ3n) is 13.3. The Morgan fingerprint density at radius 1 is 1.03 bits per heavy atom. The van der Waals surface area contributed by atoms with Crippen molar-refractivity contribution in [1.29, 1.82) is 0 Å². The number of aromatic nitrogens is 2. The van der Waals surface area contributed by atoms with Crippen LogP contribution in [0.1, 0.15) is 105 Å². The van der Waals surface area contributed by atoms with E-state index in [0.29, 0.717) is 11.7 Å². The molecule has 0 amide bonds. The molecular formula is C32H46N2O3. The van der Waals surface area contributed by atoms with Gasteiger partial charge < -0.3 is 4.74 Å². The number of hydrogen-bond acceptors (Lipinski definition) is 4. The van der Waals surface area contributed by atoms with Gasteiger partial charge in [0.1, 0.15) is 0 Å². The molecule has 1 N–H and O–H groups in total. The van der Waals surface area contributed by atoms with Gasteiger partial charge >= 0.3 is 5.97 Å². The van der Waals surface area contributed by atoms with E-state index in [4.69, 9.17) is 4.74 Å². The molecule has 6 rings (SSSR count). The highest BCUT2D eigenvalue weighted by Crippen LogP contribution is 2.74. The summed E-state index contributed by atoms with van der Waals surface area (Å²) in [6.07, 6.45) is 12.2. The highest BCUT2D eigenvalue weighted by atomic mass is 16.5. The monoisotopic (exact) mass is 506 g/mol. The molecule has 0 aliphatic heterocycles. The largest absolute Gasteiger partial charge is 0.469 e. The minimum atomic E-state index is -0.479. The average molecular weight is 507 g/mol. The van der Waals surface area contributed by atoms with Crippen molar-refractivity contribution in [2.75, 3.05) is 7.11 Å². The van der Waals surface area contributed by atoms with Crippen LogP contribution in [0.5, 0.6) is 0 Å². The summed E-state index contributed by atoms with van der Waals surface area (Å²) >= 11 is 0. The minimum absolute atomic E-state index is 0.00485. The van der Waals surface area contributed by atoms with Gasteiger partial charge in [-0.25, -0.2) is 0 Å². The number of carbonyl (C=O) groups excluding carboxylic acids is 2. The van der Waals surface area contributed by atoms with E-state index in [-0.39, 0.29) is 44.9 Å². The van der Waals surface area contributed by atoms with Crippen molar-refractivity contribution in [2.24, 2.45) is 44.8 Å². The minimum Gasteiger partial charge on any atom is -0.469 e. The summed E-state index contributed by atoms with van der Waals surface area (Å²) in [5.41, 5.74) is 3.28. The normalized spacial score (nSPS) is 47.9. The second kappa shape index (κ2) is 7.39. The van der Waals surface area contributed by atoms with Crippen molar-refractivity contribution in [2.45, 2.75) is 105 Å². The number of nitrogens with one attached hydrogen (secondary N) is 1. The highest BCUT2D eigenvalue weighted by molar-refractivity contribution is 5.96. The lowest BCUT2D eigenvalue weighted by Crippen LogP contribution is -2.66. The van der Waals surface area contributed by atoms with Gasteiger partial charge in [0, 0.05) is 17.0 Å². The molecule has 0 radical (unpaired) electrons. The Kier molecular flexibility index (Phi) is 5.06. The van der Waals surface area contributed by atoms with Crippen LogP contribution in [0.25, 0.3) is 0 Å². The summed E-state index contributed by atoms with van der Waals surface area (Å²) in [5.74, 6) is 0.913. The Morgan fingerprint density at radius 3 is 2.43 bits per heavy atom. The lowest BCUT2D eigenvalue weighted by molar-refractivity contribution is -0.174. The standard InChI is InChI=1S/C32H46N2O3/c1-27(2)23-9-10-32(7)24(30(23,5)16-19-18-33-34-25(19)27)22(35)15-20-21-17-29(4,26(36)37-8)12-11-28(21,3)13-14-31(20,32)6/h15,18,21,23-24H,9-14,16-17H2,1-8H3,(H,33,34)/t21?,23?,24?,28-,29+,30+,31-,32-/m1/s1. The Hall–Kier alpha value is -1.91. The van der Waals surface area contributed by atoms with Crippen molar-refractivity contribution < 1.29 is 14.3 Å². The smallest absolute Gasteiger partial charge is 0.311 e. The van der Waals surface area contributed by atoms with Gasteiger partial charge in [-0.1, -0.05) is 47.1 Å². The van der Waals surface area contributed by atoms with Crippen LogP contribution in [0.2, 0.25) is 0 Å². The molecule has 3 fully saturated rings. The van der Waals surface area contributed by atoms with Crippen LogP contribution in [0.15, 0.2) is 17.8 Å². The molecule has 3 saturated carbocycles. The predicted molar refractivity (Wildman–Crippen MR) is 144 cm³/mol. The first-order chi connectivity index (χ1) is 17.2. The Labute approximate surface area is 222 Å². The van der Waals surface area contributed by atoms with E-state index in [0.717, 1.165) is 51.4 Å². The predicted octanol–water partition coefficient (Wildman–Crippen LogP) is 6.58. The van der Waals surface area contributed by atoms with Gasteiger partial charge in [0.2, 0.25) is 0 Å². The number of H-pyrrole nitrogens is 1. The molecule has 5 aliphatic carbocycles. The number of esters is 1. The van der Waals surface area contributed by atoms with Crippen molar-refractivity contribution in [3.63, 3.8) is 0 Å². The summed E-state index contributed by atoms with van der Waals surface area (Å²) in [6.45, 7) is 16.5. The van der Waals surface area contributed by atoms with E-state index >= 15 is 0 Å². The maximum absolute atomic E-state index is 14.5. The van der Waals surface area contributed by atoms with Gasteiger partial charge in [0.05, 0.1) is 18.7 Å². The number of allylic oxidation sites excluding steroid dienone is 2. The van der Waals surface area contributed by atoms with E-state index in [1.165, 1.54) is 23.9 Å². The molecule has 1 heterocycles. The summed E-state index contributed by atoms with van der Waals surface area (Å²) < 4.78 is 5.27. The molecule has 8 atom stereocenters. The number of fused-ring (bicyclic) bond motifs is 8. The number of ketones is 1. The zero-order valence-electron chi connectivity index (χ0n) is 24.2. The maximum atomic E-state index is 14.5. The molecule has 0 bridgehead atoms. The van der Waals surface area contributed by atoms with Crippen LogP contribution in [-0.4, -0.2) is 29.1 Å². The van der Waals surface area contributed by atoms with Gasteiger partial charge in [-0.05, 0) is 103 Å². The van der Waals surface area contributed by atoms with Crippen LogP contribution in [0, 0.1) is 44.8 Å². The van der Waals surface area contributed by atoms with Gasteiger partial charge in [-0.3, -0.25) is 14.7 Å². The molecule has 0 aromatic carbocycles.